The molecule has 3 heteroatoms. The van der Waals surface area contributed by atoms with Gasteiger partial charge in [0, 0.05) is 11.5 Å². The van der Waals surface area contributed by atoms with Crippen LogP contribution >= 0.6 is 0 Å². The second-order valence-corrected chi connectivity index (χ2v) is 4.05. The van der Waals surface area contributed by atoms with Crippen molar-refractivity contribution in [1.82, 2.24) is 0 Å². The number of hydrogen-bond donors (Lipinski definition) is 0. The van der Waals surface area contributed by atoms with Gasteiger partial charge in [0.15, 0.2) is 0 Å². The molecule has 1 heterocycles. The van der Waals surface area contributed by atoms with E-state index < -0.39 is 0 Å². The Bertz CT molecular complexity index is 604. The Hall–Kier alpha value is -2.03. The molecule has 0 atom stereocenters. The lowest BCUT2D eigenvalue weighted by Gasteiger charge is -2.04. The summed E-state index contributed by atoms with van der Waals surface area (Å²) in [6, 6.07) is 8.53. The van der Waals surface area contributed by atoms with Crippen molar-refractivity contribution in [1.29, 1.82) is 0 Å². The number of ether oxygens (including phenoxy) is 1. The van der Waals surface area contributed by atoms with Crippen LogP contribution in [0.5, 0.6) is 5.75 Å². The summed E-state index contributed by atoms with van der Waals surface area (Å²) in [7, 11) is 0. The van der Waals surface area contributed by atoms with E-state index in [1.54, 1.807) is 18.2 Å². The van der Waals surface area contributed by atoms with Crippen molar-refractivity contribution in [2.45, 2.75) is 13.8 Å². The van der Waals surface area contributed by atoms with E-state index in [9.17, 15) is 4.79 Å². The zero-order chi connectivity index (χ0) is 12.3. The highest BCUT2D eigenvalue weighted by molar-refractivity contribution is 5.77. The van der Waals surface area contributed by atoms with Crippen LogP contribution in [0.25, 0.3) is 11.0 Å². The fraction of sp³-hybridized carbons (Fsp3) is 0.214. The highest BCUT2D eigenvalue weighted by Gasteiger charge is 1.99. The van der Waals surface area contributed by atoms with Crippen LogP contribution in [0.2, 0.25) is 0 Å². The Morgan fingerprint density at radius 2 is 2.12 bits per heavy atom. The van der Waals surface area contributed by atoms with Gasteiger partial charge in [-0.2, -0.15) is 0 Å². The molecule has 0 N–H and O–H groups in total. The average Bonchev–Trinajstić information content (AvgIpc) is 2.29. The van der Waals surface area contributed by atoms with Gasteiger partial charge in [-0.1, -0.05) is 5.57 Å². The SMILES string of the molecule is CC(C)=CCOc1ccc2oc(=O)ccc2c1. The van der Waals surface area contributed by atoms with Crippen molar-refractivity contribution >= 4 is 11.0 Å². The second-order valence-electron chi connectivity index (χ2n) is 4.05. The minimum absolute atomic E-state index is 0.337. The van der Waals surface area contributed by atoms with Crippen LogP contribution in [0.3, 0.4) is 0 Å². The summed E-state index contributed by atoms with van der Waals surface area (Å²) in [5.41, 5.74) is 1.46. The monoisotopic (exact) mass is 230 g/mol. The lowest BCUT2D eigenvalue weighted by Crippen LogP contribution is -1.96. The molecule has 1 aromatic heterocycles. The Morgan fingerprint density at radius 1 is 1.29 bits per heavy atom. The second kappa shape index (κ2) is 4.87. The van der Waals surface area contributed by atoms with Gasteiger partial charge in [-0.15, -0.1) is 0 Å². The van der Waals surface area contributed by atoms with Crippen LogP contribution in [-0.2, 0) is 0 Å². The number of rotatable bonds is 3. The fourth-order valence-electron chi connectivity index (χ4n) is 1.44. The molecule has 0 bridgehead atoms. The zero-order valence-electron chi connectivity index (χ0n) is 9.90. The predicted molar refractivity (Wildman–Crippen MR) is 67.4 cm³/mol. The zero-order valence-corrected chi connectivity index (χ0v) is 9.90. The van der Waals surface area contributed by atoms with E-state index in [4.69, 9.17) is 9.15 Å². The molecule has 0 aliphatic carbocycles. The van der Waals surface area contributed by atoms with E-state index in [-0.39, 0.29) is 5.63 Å². The van der Waals surface area contributed by atoms with Crippen molar-refractivity contribution in [2.75, 3.05) is 6.61 Å². The van der Waals surface area contributed by atoms with Gasteiger partial charge in [0.2, 0.25) is 0 Å². The van der Waals surface area contributed by atoms with E-state index in [1.165, 1.54) is 11.6 Å². The molecule has 2 aromatic rings. The van der Waals surface area contributed by atoms with E-state index in [0.29, 0.717) is 12.2 Å². The third kappa shape index (κ3) is 2.97. The molecular formula is C14H14O3. The van der Waals surface area contributed by atoms with E-state index in [1.807, 2.05) is 26.0 Å². The molecule has 0 unspecified atom stereocenters. The van der Waals surface area contributed by atoms with Crippen molar-refractivity contribution in [3.8, 4) is 5.75 Å². The van der Waals surface area contributed by atoms with Crippen LogP contribution in [0.1, 0.15) is 13.8 Å². The number of fused-ring (bicyclic) bond motifs is 1. The predicted octanol–water partition coefficient (Wildman–Crippen LogP) is 3.14. The lowest BCUT2D eigenvalue weighted by molar-refractivity contribution is 0.362. The summed E-state index contributed by atoms with van der Waals surface area (Å²) in [5.74, 6) is 0.767. The minimum atomic E-state index is -0.337. The van der Waals surface area contributed by atoms with E-state index in [0.717, 1.165) is 11.1 Å². The van der Waals surface area contributed by atoms with E-state index >= 15 is 0 Å². The summed E-state index contributed by atoms with van der Waals surface area (Å²) < 4.78 is 10.6. The lowest BCUT2D eigenvalue weighted by atomic mass is 10.2. The molecule has 0 amide bonds. The maximum absolute atomic E-state index is 11.0. The van der Waals surface area contributed by atoms with Gasteiger partial charge >= 0.3 is 5.63 Å². The van der Waals surface area contributed by atoms with Gasteiger partial charge in [0.1, 0.15) is 17.9 Å². The summed E-state index contributed by atoms with van der Waals surface area (Å²) in [6.45, 7) is 4.60. The minimum Gasteiger partial charge on any atom is -0.490 e. The first-order chi connectivity index (χ1) is 8.15. The molecule has 0 aliphatic rings. The molecule has 0 spiro atoms. The van der Waals surface area contributed by atoms with Crippen molar-refractivity contribution in [3.63, 3.8) is 0 Å². The average molecular weight is 230 g/mol. The van der Waals surface area contributed by atoms with Crippen LogP contribution in [0.4, 0.5) is 0 Å². The molecule has 3 nitrogen and oxygen atoms in total. The van der Waals surface area contributed by atoms with Crippen molar-refractivity contribution in [3.05, 3.63) is 52.4 Å². The maximum atomic E-state index is 11.0. The topological polar surface area (TPSA) is 39.4 Å². The molecular weight excluding hydrogens is 216 g/mol. The number of allylic oxidation sites excluding steroid dienone is 1. The van der Waals surface area contributed by atoms with Gasteiger partial charge in [-0.25, -0.2) is 4.79 Å². The highest BCUT2D eigenvalue weighted by Crippen LogP contribution is 2.19. The van der Waals surface area contributed by atoms with E-state index in [2.05, 4.69) is 0 Å². The van der Waals surface area contributed by atoms with Crippen molar-refractivity contribution < 1.29 is 9.15 Å². The van der Waals surface area contributed by atoms with Crippen LogP contribution in [-0.4, -0.2) is 6.61 Å². The first-order valence-electron chi connectivity index (χ1n) is 5.45. The normalized spacial score (nSPS) is 10.2. The largest absolute Gasteiger partial charge is 0.490 e. The standard InChI is InChI=1S/C14H14O3/c1-10(2)7-8-16-12-4-5-13-11(9-12)3-6-14(15)17-13/h3-7,9H,8H2,1-2H3. The van der Waals surface area contributed by atoms with Gasteiger partial charge in [-0.3, -0.25) is 0 Å². The third-order valence-corrected chi connectivity index (χ3v) is 2.33. The third-order valence-electron chi connectivity index (χ3n) is 2.33. The van der Waals surface area contributed by atoms with Gasteiger partial charge in [-0.05, 0) is 44.2 Å². The Balaban J connectivity index is 2.23. The summed E-state index contributed by atoms with van der Waals surface area (Å²) in [5, 5.41) is 0.860. The highest BCUT2D eigenvalue weighted by atomic mass is 16.5. The molecule has 0 fully saturated rings. The molecule has 0 aliphatic heterocycles. The van der Waals surface area contributed by atoms with Gasteiger partial charge in [0.25, 0.3) is 0 Å². The smallest absolute Gasteiger partial charge is 0.336 e. The molecule has 1 aromatic carbocycles. The maximum Gasteiger partial charge on any atom is 0.336 e. The van der Waals surface area contributed by atoms with Gasteiger partial charge in [0.05, 0.1) is 0 Å². The molecule has 17 heavy (non-hydrogen) atoms. The molecule has 0 saturated heterocycles. The molecule has 0 radical (unpaired) electrons. The first-order valence-corrected chi connectivity index (χ1v) is 5.45. The van der Waals surface area contributed by atoms with Crippen LogP contribution in [0, 0.1) is 0 Å². The fourth-order valence-corrected chi connectivity index (χ4v) is 1.44. The van der Waals surface area contributed by atoms with Gasteiger partial charge < -0.3 is 9.15 Å². The summed E-state index contributed by atoms with van der Waals surface area (Å²) >= 11 is 0. The molecule has 88 valence electrons. The summed E-state index contributed by atoms with van der Waals surface area (Å²) in [4.78, 5) is 11.0. The summed E-state index contributed by atoms with van der Waals surface area (Å²) in [6.07, 6.45) is 2.01. The Kier molecular flexibility index (Phi) is 3.28. The van der Waals surface area contributed by atoms with Crippen LogP contribution < -0.4 is 10.4 Å². The number of hydrogen-bond acceptors (Lipinski definition) is 3. The molecule has 0 saturated carbocycles. The number of benzene rings is 1. The Morgan fingerprint density at radius 3 is 2.88 bits per heavy atom. The Labute approximate surface area is 99.3 Å². The first kappa shape index (κ1) is 11.5. The molecule has 2 rings (SSSR count). The van der Waals surface area contributed by atoms with Crippen LogP contribution in [0.15, 0.2) is 51.2 Å². The quantitative estimate of drug-likeness (QED) is 0.600. The van der Waals surface area contributed by atoms with Crippen molar-refractivity contribution in [2.24, 2.45) is 0 Å².